The van der Waals surface area contributed by atoms with Gasteiger partial charge in [0.05, 0.1) is 12.1 Å². The molecule has 2 heterocycles. The number of halogens is 1. The van der Waals surface area contributed by atoms with Crippen molar-refractivity contribution in [1.29, 1.82) is 0 Å². The van der Waals surface area contributed by atoms with Gasteiger partial charge in [-0.25, -0.2) is 14.4 Å². The van der Waals surface area contributed by atoms with E-state index in [0.29, 0.717) is 53.4 Å². The van der Waals surface area contributed by atoms with Crippen molar-refractivity contribution in [1.82, 2.24) is 15.3 Å². The molecule has 0 radical (unpaired) electrons. The highest BCUT2D eigenvalue weighted by molar-refractivity contribution is 6.00. The van der Waals surface area contributed by atoms with Crippen LogP contribution in [-0.2, 0) is 15.1 Å². The van der Waals surface area contributed by atoms with Gasteiger partial charge in [-0.15, -0.1) is 0 Å². The second-order valence-electron chi connectivity index (χ2n) is 8.75. The maximum Gasteiger partial charge on any atom is 0.247 e. The number of nitrogens with zero attached hydrogens (tertiary/aromatic N) is 2. The fourth-order valence-electron chi connectivity index (χ4n) is 4.43. The van der Waals surface area contributed by atoms with Crippen LogP contribution in [0, 0.1) is 5.82 Å². The number of benzene rings is 3. The SMILES string of the molecule is C=CC(=O)Nc1cccc(-c2c(F)ccc3cnc(Nc4ccc([C@@]5(CN)CNCCO5)cc4)nc23)c1. The lowest BCUT2D eigenvalue weighted by Crippen LogP contribution is -2.51. The molecule has 1 saturated heterocycles. The molecule has 188 valence electrons. The Bertz CT molecular complexity index is 1450. The van der Waals surface area contributed by atoms with Gasteiger partial charge in [-0.3, -0.25) is 4.79 Å². The van der Waals surface area contributed by atoms with Gasteiger partial charge in [0.2, 0.25) is 11.9 Å². The number of aromatic nitrogens is 2. The predicted molar refractivity (Wildman–Crippen MR) is 143 cm³/mol. The van der Waals surface area contributed by atoms with Crippen LogP contribution in [0.4, 0.5) is 21.7 Å². The zero-order valence-corrected chi connectivity index (χ0v) is 20.1. The summed E-state index contributed by atoms with van der Waals surface area (Å²) in [7, 11) is 0. The molecule has 0 spiro atoms. The molecule has 1 aromatic heterocycles. The molecule has 0 unspecified atom stereocenters. The van der Waals surface area contributed by atoms with Crippen molar-refractivity contribution < 1.29 is 13.9 Å². The monoisotopic (exact) mass is 498 g/mol. The highest BCUT2D eigenvalue weighted by Gasteiger charge is 2.33. The van der Waals surface area contributed by atoms with Gasteiger partial charge in [-0.05, 0) is 53.6 Å². The molecule has 0 saturated carbocycles. The summed E-state index contributed by atoms with van der Waals surface area (Å²) in [5.74, 6) is -0.451. The van der Waals surface area contributed by atoms with E-state index in [1.165, 1.54) is 12.1 Å². The summed E-state index contributed by atoms with van der Waals surface area (Å²) in [5.41, 5.74) is 9.12. The number of fused-ring (bicyclic) bond motifs is 1. The van der Waals surface area contributed by atoms with Crippen molar-refractivity contribution in [3.63, 3.8) is 0 Å². The third-order valence-electron chi connectivity index (χ3n) is 6.37. The molecule has 1 fully saturated rings. The zero-order valence-electron chi connectivity index (χ0n) is 20.1. The fraction of sp³-hybridized carbons (Fsp3) is 0.179. The summed E-state index contributed by atoms with van der Waals surface area (Å²) >= 11 is 0. The molecule has 1 atom stereocenters. The number of amides is 1. The van der Waals surface area contributed by atoms with Crippen molar-refractivity contribution in [2.24, 2.45) is 5.73 Å². The lowest BCUT2D eigenvalue weighted by molar-refractivity contribution is -0.111. The van der Waals surface area contributed by atoms with E-state index >= 15 is 4.39 Å². The number of hydrogen-bond acceptors (Lipinski definition) is 7. The Morgan fingerprint density at radius 1 is 1.19 bits per heavy atom. The van der Waals surface area contributed by atoms with Crippen LogP contribution < -0.4 is 21.7 Å². The maximum atomic E-state index is 15.1. The summed E-state index contributed by atoms with van der Waals surface area (Å²) in [6, 6.07) is 17.7. The molecular formula is C28H27FN6O2. The summed E-state index contributed by atoms with van der Waals surface area (Å²) in [6.07, 6.45) is 2.83. The molecule has 1 amide bonds. The number of nitrogens with two attached hydrogens (primary N) is 1. The Kier molecular flexibility index (Phi) is 6.91. The van der Waals surface area contributed by atoms with Crippen LogP contribution in [-0.4, -0.2) is 42.1 Å². The standard InChI is InChI=1S/C28H27FN6O2/c1-2-24(36)33-22-5-3-4-18(14-22)25-23(29)11-6-19-15-32-27(35-26(19)25)34-21-9-7-20(8-10-21)28(16-30)17-31-12-13-37-28/h2-11,14-15,31H,1,12-13,16-17,30H2,(H,33,36)(H,32,34,35)/t28-/m1/s1. The summed E-state index contributed by atoms with van der Waals surface area (Å²) in [4.78, 5) is 20.8. The second-order valence-corrected chi connectivity index (χ2v) is 8.75. The zero-order chi connectivity index (χ0) is 25.8. The van der Waals surface area contributed by atoms with E-state index in [1.807, 2.05) is 24.3 Å². The fourth-order valence-corrected chi connectivity index (χ4v) is 4.43. The highest BCUT2D eigenvalue weighted by Crippen LogP contribution is 2.33. The number of anilines is 3. The minimum absolute atomic E-state index is 0.319. The molecule has 1 aliphatic rings. The molecule has 1 aliphatic heterocycles. The first-order valence-electron chi connectivity index (χ1n) is 11.9. The summed E-state index contributed by atoms with van der Waals surface area (Å²) in [6.45, 7) is 5.88. The molecule has 9 heteroatoms. The third-order valence-corrected chi connectivity index (χ3v) is 6.37. The van der Waals surface area contributed by atoms with Gasteiger partial charge >= 0.3 is 0 Å². The number of morpholine rings is 1. The van der Waals surface area contributed by atoms with Crippen LogP contribution in [0.25, 0.3) is 22.0 Å². The Morgan fingerprint density at radius 3 is 2.76 bits per heavy atom. The van der Waals surface area contributed by atoms with Crippen molar-refractivity contribution >= 4 is 34.1 Å². The first-order valence-corrected chi connectivity index (χ1v) is 11.9. The highest BCUT2D eigenvalue weighted by atomic mass is 19.1. The molecule has 5 rings (SSSR count). The number of ether oxygens (including phenoxy) is 1. The van der Waals surface area contributed by atoms with Crippen molar-refractivity contribution in [3.05, 3.63) is 90.9 Å². The Labute approximate surface area is 213 Å². The second kappa shape index (κ2) is 10.4. The Morgan fingerprint density at radius 2 is 2.03 bits per heavy atom. The van der Waals surface area contributed by atoms with Gasteiger partial charge in [-0.1, -0.05) is 30.8 Å². The average molecular weight is 499 g/mol. The minimum Gasteiger partial charge on any atom is -0.366 e. The third kappa shape index (κ3) is 5.05. The quantitative estimate of drug-likeness (QED) is 0.284. The van der Waals surface area contributed by atoms with Crippen molar-refractivity contribution in [3.8, 4) is 11.1 Å². The first-order chi connectivity index (χ1) is 18.0. The van der Waals surface area contributed by atoms with Crippen LogP contribution in [0.5, 0.6) is 0 Å². The van der Waals surface area contributed by atoms with E-state index in [4.69, 9.17) is 10.5 Å². The summed E-state index contributed by atoms with van der Waals surface area (Å²) in [5, 5.41) is 9.93. The van der Waals surface area contributed by atoms with Gasteiger partial charge in [0.15, 0.2) is 0 Å². The van der Waals surface area contributed by atoms with Gasteiger partial charge in [-0.2, -0.15) is 0 Å². The average Bonchev–Trinajstić information content (AvgIpc) is 2.93. The smallest absolute Gasteiger partial charge is 0.247 e. The molecule has 0 bridgehead atoms. The number of carbonyl (C=O) groups is 1. The number of hydrogen-bond donors (Lipinski definition) is 4. The van der Waals surface area contributed by atoms with Crippen molar-refractivity contribution in [2.45, 2.75) is 5.60 Å². The number of nitrogens with one attached hydrogen (secondary N) is 3. The first kappa shape index (κ1) is 24.5. The van der Waals surface area contributed by atoms with Crippen molar-refractivity contribution in [2.75, 3.05) is 36.9 Å². The van der Waals surface area contributed by atoms with Crippen LogP contribution in [0.15, 0.2) is 79.5 Å². The van der Waals surface area contributed by atoms with Gasteiger partial charge < -0.3 is 26.4 Å². The lowest BCUT2D eigenvalue weighted by Gasteiger charge is -2.37. The topological polar surface area (TPSA) is 114 Å². The number of rotatable bonds is 7. The lowest BCUT2D eigenvalue weighted by atomic mass is 9.92. The predicted octanol–water partition coefficient (Wildman–Crippen LogP) is 4.08. The molecular weight excluding hydrogens is 471 g/mol. The number of carbonyl (C=O) groups excluding carboxylic acids is 1. The van der Waals surface area contributed by atoms with Crippen LogP contribution >= 0.6 is 0 Å². The van der Waals surface area contributed by atoms with E-state index in [1.54, 1.807) is 36.5 Å². The maximum absolute atomic E-state index is 15.1. The Balaban J connectivity index is 1.46. The Hall–Kier alpha value is -4.18. The molecule has 4 aromatic rings. The molecule has 8 nitrogen and oxygen atoms in total. The largest absolute Gasteiger partial charge is 0.366 e. The van der Waals surface area contributed by atoms with Crippen LogP contribution in [0.3, 0.4) is 0 Å². The molecule has 5 N–H and O–H groups in total. The van der Waals surface area contributed by atoms with E-state index < -0.39 is 11.4 Å². The molecule has 3 aromatic carbocycles. The van der Waals surface area contributed by atoms with Gasteiger partial charge in [0.25, 0.3) is 0 Å². The molecule has 0 aliphatic carbocycles. The van der Waals surface area contributed by atoms with Gasteiger partial charge in [0.1, 0.15) is 11.4 Å². The van der Waals surface area contributed by atoms with Crippen LogP contribution in [0.1, 0.15) is 5.56 Å². The molecule has 37 heavy (non-hydrogen) atoms. The van der Waals surface area contributed by atoms with E-state index in [2.05, 4.69) is 32.5 Å². The normalized spacial score (nSPS) is 17.4. The van der Waals surface area contributed by atoms with Gasteiger partial charge in [0, 0.05) is 48.2 Å². The van der Waals surface area contributed by atoms with E-state index in [9.17, 15) is 4.79 Å². The van der Waals surface area contributed by atoms with E-state index in [-0.39, 0.29) is 5.91 Å². The minimum atomic E-state index is -0.553. The van der Waals surface area contributed by atoms with E-state index in [0.717, 1.165) is 17.8 Å². The summed E-state index contributed by atoms with van der Waals surface area (Å²) < 4.78 is 21.1. The van der Waals surface area contributed by atoms with Crippen LogP contribution in [0.2, 0.25) is 0 Å².